The second kappa shape index (κ2) is 10.9. The van der Waals surface area contributed by atoms with E-state index in [2.05, 4.69) is 15.4 Å². The number of aromatic nitrogens is 3. The van der Waals surface area contributed by atoms with Crippen LogP contribution in [0.25, 0.3) is 0 Å². The molecule has 1 aromatic heterocycles. The van der Waals surface area contributed by atoms with Gasteiger partial charge in [0, 0.05) is 23.6 Å². The Balaban J connectivity index is 1.47. The third kappa shape index (κ3) is 5.28. The number of hydrogen-bond acceptors (Lipinski definition) is 8. The number of nitro benzene ring substituents is 1. The summed E-state index contributed by atoms with van der Waals surface area (Å²) < 4.78 is 21.3. The first kappa shape index (κ1) is 25.2. The van der Waals surface area contributed by atoms with Gasteiger partial charge in [-0.2, -0.15) is 4.98 Å². The average Bonchev–Trinajstić information content (AvgIpc) is 3.33. The molecule has 0 saturated carbocycles. The maximum atomic E-state index is 14.1. The number of carbonyl (C=O) groups is 1. The Labute approximate surface area is 221 Å². The lowest BCUT2D eigenvalue weighted by Gasteiger charge is -2.28. The highest BCUT2D eigenvalue weighted by molar-refractivity contribution is 7.98. The van der Waals surface area contributed by atoms with E-state index in [4.69, 9.17) is 4.74 Å². The monoisotopic (exact) mass is 531 g/mol. The number of carbonyl (C=O) groups excluding carboxylic acids is 1. The number of non-ortho nitro benzene ring substituents is 1. The van der Waals surface area contributed by atoms with Gasteiger partial charge in [-0.25, -0.2) is 13.9 Å². The number of anilines is 1. The summed E-state index contributed by atoms with van der Waals surface area (Å²) in [4.78, 5) is 28.6. The maximum absolute atomic E-state index is 14.1. The molecule has 2 heterocycles. The number of nitrogens with one attached hydrogen (secondary N) is 1. The lowest BCUT2D eigenvalue weighted by atomic mass is 9.95. The van der Waals surface area contributed by atoms with Gasteiger partial charge in [-0.15, -0.1) is 5.10 Å². The summed E-state index contributed by atoms with van der Waals surface area (Å²) in [5, 5.41) is 19.3. The standard InChI is InChI=1S/C27H22FN5O4S/c1-17-23(25(34)37-15-18-7-3-2-4-8-18)24(19-11-13-21(14-12-19)33(35)36)32-26(29-17)30-27(31-32)38-16-20-9-5-6-10-22(20)28/h2-14,24H,15-16H2,1H3,(H,29,30,31). The van der Waals surface area contributed by atoms with Gasteiger partial charge in [0.25, 0.3) is 5.69 Å². The molecule has 1 unspecified atom stereocenters. The van der Waals surface area contributed by atoms with Crippen LogP contribution in [0.15, 0.2) is 95.3 Å². The lowest BCUT2D eigenvalue weighted by Crippen LogP contribution is -2.29. The van der Waals surface area contributed by atoms with Gasteiger partial charge in [-0.1, -0.05) is 60.3 Å². The van der Waals surface area contributed by atoms with E-state index in [1.165, 1.54) is 30.0 Å². The number of fused-ring (bicyclic) bond motifs is 1. The van der Waals surface area contributed by atoms with Crippen molar-refractivity contribution in [2.45, 2.75) is 30.5 Å². The fourth-order valence-corrected chi connectivity index (χ4v) is 4.92. The number of benzene rings is 3. The lowest BCUT2D eigenvalue weighted by molar-refractivity contribution is -0.384. The first-order valence-electron chi connectivity index (χ1n) is 11.7. The van der Waals surface area contributed by atoms with E-state index in [-0.39, 0.29) is 18.1 Å². The zero-order chi connectivity index (χ0) is 26.6. The van der Waals surface area contributed by atoms with Crippen LogP contribution in [0.5, 0.6) is 0 Å². The zero-order valence-corrected chi connectivity index (χ0v) is 21.0. The Morgan fingerprint density at radius 3 is 2.53 bits per heavy atom. The highest BCUT2D eigenvalue weighted by atomic mass is 32.2. The minimum atomic E-state index is -0.745. The number of halogens is 1. The average molecular weight is 532 g/mol. The molecule has 38 heavy (non-hydrogen) atoms. The minimum absolute atomic E-state index is 0.0727. The van der Waals surface area contributed by atoms with Crippen molar-refractivity contribution in [3.05, 3.63) is 123 Å². The number of allylic oxidation sites excluding steroid dienone is 1. The number of thioether (sulfide) groups is 1. The number of ether oxygens (including phenoxy) is 1. The first-order valence-corrected chi connectivity index (χ1v) is 12.6. The number of rotatable bonds is 8. The van der Waals surface area contributed by atoms with Crippen LogP contribution < -0.4 is 5.32 Å². The molecule has 3 aromatic carbocycles. The molecule has 0 bridgehead atoms. The first-order chi connectivity index (χ1) is 18.4. The van der Waals surface area contributed by atoms with E-state index in [0.717, 1.165) is 5.56 Å². The smallest absolute Gasteiger partial charge is 0.338 e. The third-order valence-electron chi connectivity index (χ3n) is 6.00. The fraction of sp³-hybridized carbons (Fsp3) is 0.148. The van der Waals surface area contributed by atoms with Gasteiger partial charge >= 0.3 is 5.97 Å². The quantitative estimate of drug-likeness (QED) is 0.134. The Morgan fingerprint density at radius 2 is 1.82 bits per heavy atom. The van der Waals surface area contributed by atoms with Gasteiger partial charge in [-0.05, 0) is 41.8 Å². The van der Waals surface area contributed by atoms with E-state index in [0.29, 0.717) is 39.3 Å². The van der Waals surface area contributed by atoms with E-state index >= 15 is 0 Å². The number of hydrogen-bond donors (Lipinski definition) is 1. The molecule has 1 aliphatic rings. The second-order valence-electron chi connectivity index (χ2n) is 8.52. The Morgan fingerprint density at radius 1 is 1.11 bits per heavy atom. The van der Waals surface area contributed by atoms with E-state index in [1.54, 1.807) is 41.9 Å². The van der Waals surface area contributed by atoms with Crippen LogP contribution in [0, 0.1) is 15.9 Å². The molecular formula is C27H22FN5O4S. The zero-order valence-electron chi connectivity index (χ0n) is 20.2. The van der Waals surface area contributed by atoms with E-state index in [1.807, 2.05) is 30.3 Å². The molecule has 9 nitrogen and oxygen atoms in total. The minimum Gasteiger partial charge on any atom is -0.457 e. The van der Waals surface area contributed by atoms with Crippen LogP contribution in [-0.4, -0.2) is 25.7 Å². The van der Waals surface area contributed by atoms with Gasteiger partial charge in [0.05, 0.1) is 10.5 Å². The highest BCUT2D eigenvalue weighted by Crippen LogP contribution is 2.37. The predicted octanol–water partition coefficient (Wildman–Crippen LogP) is 5.65. The molecule has 0 spiro atoms. The van der Waals surface area contributed by atoms with Gasteiger partial charge in [0.2, 0.25) is 11.1 Å². The van der Waals surface area contributed by atoms with Crippen molar-refractivity contribution in [3.8, 4) is 0 Å². The Kier molecular flexibility index (Phi) is 7.18. The molecule has 5 rings (SSSR count). The maximum Gasteiger partial charge on any atom is 0.338 e. The van der Waals surface area contributed by atoms with E-state index in [9.17, 15) is 19.3 Å². The van der Waals surface area contributed by atoms with Crippen LogP contribution in [0.3, 0.4) is 0 Å². The van der Waals surface area contributed by atoms with Crippen molar-refractivity contribution in [2.75, 3.05) is 5.32 Å². The highest BCUT2D eigenvalue weighted by Gasteiger charge is 2.35. The van der Waals surface area contributed by atoms with Crippen molar-refractivity contribution in [1.82, 2.24) is 14.8 Å². The summed E-state index contributed by atoms with van der Waals surface area (Å²) >= 11 is 1.26. The van der Waals surface area contributed by atoms with Crippen molar-refractivity contribution in [3.63, 3.8) is 0 Å². The van der Waals surface area contributed by atoms with Crippen LogP contribution in [0.1, 0.15) is 29.7 Å². The number of nitro groups is 1. The van der Waals surface area contributed by atoms with Crippen molar-refractivity contribution < 1.29 is 18.8 Å². The summed E-state index contributed by atoms with van der Waals surface area (Å²) in [6, 6.07) is 21.0. The summed E-state index contributed by atoms with van der Waals surface area (Å²) in [5.41, 5.74) is 2.71. The van der Waals surface area contributed by atoms with Crippen molar-refractivity contribution in [1.29, 1.82) is 0 Å². The molecule has 0 radical (unpaired) electrons. The number of esters is 1. The molecule has 11 heteroatoms. The van der Waals surface area contributed by atoms with Gasteiger partial charge in [0.1, 0.15) is 18.5 Å². The van der Waals surface area contributed by atoms with Gasteiger partial charge in [-0.3, -0.25) is 10.1 Å². The third-order valence-corrected chi connectivity index (χ3v) is 6.89. The molecular weight excluding hydrogens is 509 g/mol. The largest absolute Gasteiger partial charge is 0.457 e. The topological polar surface area (TPSA) is 112 Å². The van der Waals surface area contributed by atoms with E-state index < -0.39 is 16.9 Å². The summed E-state index contributed by atoms with van der Waals surface area (Å²) in [6.07, 6.45) is 0. The molecule has 192 valence electrons. The van der Waals surface area contributed by atoms with Crippen molar-refractivity contribution >= 4 is 29.4 Å². The van der Waals surface area contributed by atoms with Crippen LogP contribution >= 0.6 is 11.8 Å². The van der Waals surface area contributed by atoms with Gasteiger partial charge in [0.15, 0.2) is 0 Å². The molecule has 0 fully saturated rings. The number of nitrogens with zero attached hydrogens (tertiary/aromatic N) is 4. The van der Waals surface area contributed by atoms with Crippen molar-refractivity contribution in [2.24, 2.45) is 0 Å². The second-order valence-corrected chi connectivity index (χ2v) is 9.46. The molecule has 1 N–H and O–H groups in total. The van der Waals surface area contributed by atoms with Gasteiger partial charge < -0.3 is 10.1 Å². The Bertz CT molecular complexity index is 1520. The van der Waals surface area contributed by atoms with Crippen LogP contribution in [0.2, 0.25) is 0 Å². The summed E-state index contributed by atoms with van der Waals surface area (Å²) in [7, 11) is 0. The predicted molar refractivity (Wildman–Crippen MR) is 140 cm³/mol. The molecule has 0 amide bonds. The summed E-state index contributed by atoms with van der Waals surface area (Å²) in [6.45, 7) is 1.82. The molecule has 1 aliphatic heterocycles. The molecule has 0 saturated heterocycles. The van der Waals surface area contributed by atoms with Crippen LogP contribution in [-0.2, 0) is 21.9 Å². The normalized spacial score (nSPS) is 14.5. The fourth-order valence-electron chi connectivity index (χ4n) is 4.10. The molecule has 0 aliphatic carbocycles. The van der Waals surface area contributed by atoms with Crippen LogP contribution in [0.4, 0.5) is 16.0 Å². The molecule has 4 aromatic rings. The summed E-state index contributed by atoms with van der Waals surface area (Å²) in [5.74, 6) is -0.159. The Hall–Kier alpha value is -4.51. The molecule has 1 atom stereocenters. The SMILES string of the molecule is CC1=C(C(=O)OCc2ccccc2)C(c2ccc([N+](=O)[O-])cc2)n2nc(SCc3ccccc3F)nc2N1.